The lowest BCUT2D eigenvalue weighted by molar-refractivity contribution is -0.384. The Hall–Kier alpha value is -2.37. The first-order valence-electron chi connectivity index (χ1n) is 9.00. The summed E-state index contributed by atoms with van der Waals surface area (Å²) in [6.07, 6.45) is 0.953. The van der Waals surface area contributed by atoms with Crippen molar-refractivity contribution in [2.24, 2.45) is 0 Å². The number of nitro benzene ring substituents is 1. The van der Waals surface area contributed by atoms with E-state index in [9.17, 15) is 14.7 Å². The Labute approximate surface area is 159 Å². The van der Waals surface area contributed by atoms with Gasteiger partial charge in [-0.3, -0.25) is 14.7 Å². The fourth-order valence-corrected chi connectivity index (χ4v) is 4.68. The van der Waals surface area contributed by atoms with Crippen molar-refractivity contribution in [1.82, 2.24) is 4.67 Å². The Morgan fingerprint density at radius 2 is 1.63 bits per heavy atom. The maximum atomic E-state index is 13.1. The maximum absolute atomic E-state index is 13.1. The second-order valence-electron chi connectivity index (χ2n) is 6.61. The average Bonchev–Trinajstić information content (AvgIpc) is 2.68. The van der Waals surface area contributed by atoms with Crippen LogP contribution in [0.15, 0.2) is 48.5 Å². The predicted octanol–water partition coefficient (Wildman–Crippen LogP) is 4.18. The van der Waals surface area contributed by atoms with E-state index in [0.717, 1.165) is 12.1 Å². The van der Waals surface area contributed by atoms with Crippen LogP contribution < -0.4 is 9.42 Å². The van der Waals surface area contributed by atoms with Crippen LogP contribution >= 0.6 is 7.52 Å². The van der Waals surface area contributed by atoms with E-state index in [0.29, 0.717) is 31.9 Å². The molecule has 1 aliphatic heterocycles. The molecule has 0 amide bonds. The molecule has 2 aromatic rings. The second-order valence-corrected chi connectivity index (χ2v) is 8.96. The van der Waals surface area contributed by atoms with Gasteiger partial charge in [-0.25, -0.2) is 4.67 Å². The molecule has 3 rings (SSSR count). The highest BCUT2D eigenvalue weighted by Gasteiger charge is 2.31. The molecule has 0 aliphatic carbocycles. The molecule has 1 fully saturated rings. The lowest BCUT2D eigenvalue weighted by atomic mass is 10.2. The average molecular weight is 389 g/mol. The third-order valence-corrected chi connectivity index (χ3v) is 6.78. The summed E-state index contributed by atoms with van der Waals surface area (Å²) in [5, 5.41) is 10.8. The van der Waals surface area contributed by atoms with Crippen molar-refractivity contribution in [1.29, 1.82) is 0 Å². The fourth-order valence-electron chi connectivity index (χ4n) is 3.14. The minimum absolute atomic E-state index is 0.0814. The number of rotatable bonds is 6. The first-order valence-corrected chi connectivity index (χ1v) is 11.0. The van der Waals surface area contributed by atoms with Gasteiger partial charge < -0.3 is 9.42 Å². The van der Waals surface area contributed by atoms with Crippen LogP contribution in [0.1, 0.15) is 12.5 Å². The number of nitro groups is 1. The molecular weight excluding hydrogens is 365 g/mol. The van der Waals surface area contributed by atoms with Gasteiger partial charge >= 0.3 is 7.52 Å². The molecule has 8 heteroatoms. The second kappa shape index (κ2) is 8.11. The smallest absolute Gasteiger partial charge is 0.316 e. The zero-order valence-corrected chi connectivity index (χ0v) is 16.5. The number of non-ortho nitro benzene ring substituents is 1. The summed E-state index contributed by atoms with van der Waals surface area (Å²) in [6, 6.07) is 14.2. The van der Waals surface area contributed by atoms with Crippen LogP contribution in [0.4, 0.5) is 11.4 Å². The standard InChI is InChI=1S/C19H24N3O4P/c1-3-16-4-10-19(11-5-16)26-27(2,25)21-14-12-20(13-15-21)17-6-8-18(9-7-17)22(23)24/h4-11H,3,12-15H2,1-2H3/t27-/m0/s1. The lowest BCUT2D eigenvalue weighted by Crippen LogP contribution is -2.45. The monoisotopic (exact) mass is 389 g/mol. The molecule has 0 unspecified atom stereocenters. The number of aryl methyl sites for hydroxylation is 1. The maximum Gasteiger partial charge on any atom is 0.316 e. The van der Waals surface area contributed by atoms with Gasteiger partial charge in [-0.05, 0) is 36.2 Å². The summed E-state index contributed by atoms with van der Waals surface area (Å²) in [7, 11) is -2.94. The van der Waals surface area contributed by atoms with Gasteiger partial charge in [0.05, 0.1) is 4.92 Å². The summed E-state index contributed by atoms with van der Waals surface area (Å²) in [5.41, 5.74) is 2.23. The zero-order valence-electron chi connectivity index (χ0n) is 15.6. The van der Waals surface area contributed by atoms with Crippen LogP contribution in [0.5, 0.6) is 5.75 Å². The molecule has 0 N–H and O–H groups in total. The van der Waals surface area contributed by atoms with Gasteiger partial charge in [-0.15, -0.1) is 0 Å². The van der Waals surface area contributed by atoms with Gasteiger partial charge in [-0.2, -0.15) is 0 Å². The van der Waals surface area contributed by atoms with Crippen molar-refractivity contribution in [3.05, 3.63) is 64.2 Å². The molecule has 144 valence electrons. The largest absolute Gasteiger partial charge is 0.433 e. The zero-order chi connectivity index (χ0) is 19.4. The van der Waals surface area contributed by atoms with Gasteiger partial charge in [-0.1, -0.05) is 19.1 Å². The Bertz CT molecular complexity index is 831. The highest BCUT2D eigenvalue weighted by atomic mass is 31.2. The molecule has 0 saturated carbocycles. The SMILES string of the molecule is CCc1ccc(O[P@](C)(=O)N2CCN(c3ccc([N+](=O)[O-])cc3)CC2)cc1. The molecule has 27 heavy (non-hydrogen) atoms. The number of hydrogen-bond donors (Lipinski definition) is 0. The highest BCUT2D eigenvalue weighted by molar-refractivity contribution is 7.56. The van der Waals surface area contributed by atoms with E-state index >= 15 is 0 Å². The van der Waals surface area contributed by atoms with Crippen LogP contribution in [-0.4, -0.2) is 42.4 Å². The van der Waals surface area contributed by atoms with Crippen LogP contribution in [0.2, 0.25) is 0 Å². The van der Waals surface area contributed by atoms with E-state index in [-0.39, 0.29) is 5.69 Å². The normalized spacial score (nSPS) is 17.3. The third kappa shape index (κ3) is 4.67. The molecule has 1 saturated heterocycles. The molecule has 1 atom stereocenters. The fraction of sp³-hybridized carbons (Fsp3) is 0.368. The molecule has 1 heterocycles. The minimum Gasteiger partial charge on any atom is -0.433 e. The van der Waals surface area contributed by atoms with Gasteiger partial charge in [0.15, 0.2) is 0 Å². The van der Waals surface area contributed by atoms with E-state index in [1.807, 2.05) is 28.9 Å². The van der Waals surface area contributed by atoms with Gasteiger partial charge in [0.2, 0.25) is 0 Å². The Morgan fingerprint density at radius 3 is 2.15 bits per heavy atom. The molecule has 1 aliphatic rings. The quantitative estimate of drug-likeness (QED) is 0.419. The van der Waals surface area contributed by atoms with E-state index < -0.39 is 12.4 Å². The topological polar surface area (TPSA) is 75.9 Å². The number of anilines is 1. The molecule has 0 spiro atoms. The minimum atomic E-state index is -2.94. The van der Waals surface area contributed by atoms with E-state index in [1.54, 1.807) is 18.8 Å². The summed E-state index contributed by atoms with van der Waals surface area (Å²) >= 11 is 0. The van der Waals surface area contributed by atoms with Crippen molar-refractivity contribution >= 4 is 18.9 Å². The predicted molar refractivity (Wildman–Crippen MR) is 107 cm³/mol. The van der Waals surface area contributed by atoms with Gasteiger partial charge in [0.25, 0.3) is 5.69 Å². The summed E-state index contributed by atoms with van der Waals surface area (Å²) < 4.78 is 20.8. The first-order chi connectivity index (χ1) is 12.9. The van der Waals surface area contributed by atoms with E-state index in [4.69, 9.17) is 4.52 Å². The van der Waals surface area contributed by atoms with Crippen LogP contribution in [0.25, 0.3) is 0 Å². The van der Waals surface area contributed by atoms with Crippen molar-refractivity contribution in [2.75, 3.05) is 37.7 Å². The first kappa shape index (κ1) is 19.4. The van der Waals surface area contributed by atoms with Crippen molar-refractivity contribution < 1.29 is 14.0 Å². The summed E-state index contributed by atoms with van der Waals surface area (Å²) in [4.78, 5) is 12.5. The van der Waals surface area contributed by atoms with Crippen molar-refractivity contribution in [2.45, 2.75) is 13.3 Å². The number of nitrogens with zero attached hydrogens (tertiary/aromatic N) is 3. The highest BCUT2D eigenvalue weighted by Crippen LogP contribution is 2.47. The van der Waals surface area contributed by atoms with Gasteiger partial charge in [0, 0.05) is 50.7 Å². The molecule has 0 bridgehead atoms. The van der Waals surface area contributed by atoms with Crippen LogP contribution in [0.3, 0.4) is 0 Å². The van der Waals surface area contributed by atoms with Crippen molar-refractivity contribution in [3.63, 3.8) is 0 Å². The molecule has 7 nitrogen and oxygen atoms in total. The summed E-state index contributed by atoms with van der Waals surface area (Å²) in [5.74, 6) is 0.621. The van der Waals surface area contributed by atoms with Crippen LogP contribution in [-0.2, 0) is 11.0 Å². The molecular formula is C19H24N3O4P. The number of hydrogen-bond acceptors (Lipinski definition) is 5. The molecule has 2 aromatic carbocycles. The molecule has 0 radical (unpaired) electrons. The third-order valence-electron chi connectivity index (χ3n) is 4.80. The Balaban J connectivity index is 1.59. The number of piperazine rings is 1. The summed E-state index contributed by atoms with van der Waals surface area (Å²) in [6.45, 7) is 6.34. The van der Waals surface area contributed by atoms with Crippen LogP contribution in [0, 0.1) is 10.1 Å². The molecule has 0 aromatic heterocycles. The van der Waals surface area contributed by atoms with Gasteiger partial charge in [0.1, 0.15) is 5.75 Å². The Morgan fingerprint density at radius 1 is 1.04 bits per heavy atom. The van der Waals surface area contributed by atoms with Crippen molar-refractivity contribution in [3.8, 4) is 5.75 Å². The number of benzene rings is 2. The van der Waals surface area contributed by atoms with E-state index in [1.165, 1.54) is 17.7 Å². The van der Waals surface area contributed by atoms with E-state index in [2.05, 4.69) is 11.8 Å². The lowest BCUT2D eigenvalue weighted by Gasteiger charge is -2.38. The Kier molecular flexibility index (Phi) is 5.82.